The Morgan fingerprint density at radius 3 is 2.26 bits per heavy atom. The van der Waals surface area contributed by atoms with Crippen LogP contribution in [-0.2, 0) is 9.59 Å². The van der Waals surface area contributed by atoms with Crippen molar-refractivity contribution in [3.05, 3.63) is 0 Å². The van der Waals surface area contributed by atoms with Crippen molar-refractivity contribution in [1.29, 1.82) is 0 Å². The van der Waals surface area contributed by atoms with Gasteiger partial charge in [0.05, 0.1) is 12.5 Å². The molecule has 0 aliphatic heterocycles. The zero-order chi connectivity index (χ0) is 15.0. The summed E-state index contributed by atoms with van der Waals surface area (Å²) in [7, 11) is 0. The molecule has 4 unspecified atom stereocenters. The van der Waals surface area contributed by atoms with Crippen LogP contribution in [0.4, 0.5) is 0 Å². The number of aliphatic carboxylic acids is 1. The molecule has 0 bridgehead atoms. The highest BCUT2D eigenvalue weighted by Crippen LogP contribution is 2.26. The van der Waals surface area contributed by atoms with E-state index in [1.807, 2.05) is 0 Å². The first-order valence-corrected chi connectivity index (χ1v) is 7.04. The highest BCUT2D eigenvalue weighted by atomic mass is 16.4. The van der Waals surface area contributed by atoms with E-state index in [-0.39, 0.29) is 24.2 Å². The van der Waals surface area contributed by atoms with Crippen molar-refractivity contribution in [2.24, 2.45) is 23.5 Å². The minimum atomic E-state index is -0.824. The highest BCUT2D eigenvalue weighted by molar-refractivity contribution is 5.81. The number of carboxylic acids is 1. The van der Waals surface area contributed by atoms with Crippen molar-refractivity contribution in [2.75, 3.05) is 6.54 Å². The largest absolute Gasteiger partial charge is 0.481 e. The van der Waals surface area contributed by atoms with Gasteiger partial charge in [-0.2, -0.15) is 0 Å². The Bertz CT molecular complexity index is 292. The summed E-state index contributed by atoms with van der Waals surface area (Å²) < 4.78 is 0. The van der Waals surface area contributed by atoms with Crippen molar-refractivity contribution in [1.82, 2.24) is 5.32 Å². The van der Waals surface area contributed by atoms with Crippen LogP contribution in [0.3, 0.4) is 0 Å². The van der Waals surface area contributed by atoms with Crippen LogP contribution in [-0.4, -0.2) is 29.6 Å². The fraction of sp³-hybridized carbons (Fsp3) is 0.857. The van der Waals surface area contributed by atoms with E-state index in [0.717, 1.165) is 12.8 Å². The van der Waals surface area contributed by atoms with Crippen LogP contribution >= 0.6 is 0 Å². The van der Waals surface area contributed by atoms with Crippen LogP contribution in [0, 0.1) is 17.8 Å². The first-order valence-electron chi connectivity index (χ1n) is 7.04. The summed E-state index contributed by atoms with van der Waals surface area (Å²) in [6.07, 6.45) is 2.23. The number of carboxylic acid groups (broad SMARTS) is 1. The third-order valence-corrected chi connectivity index (χ3v) is 3.77. The summed E-state index contributed by atoms with van der Waals surface area (Å²) in [5, 5.41) is 11.7. The van der Waals surface area contributed by atoms with Crippen LogP contribution in [0.25, 0.3) is 0 Å². The fourth-order valence-electron chi connectivity index (χ4n) is 2.24. The molecule has 0 rings (SSSR count). The predicted octanol–water partition coefficient (Wildman–Crippen LogP) is 1.61. The quantitative estimate of drug-likeness (QED) is 0.594. The van der Waals surface area contributed by atoms with Gasteiger partial charge < -0.3 is 16.2 Å². The second-order valence-electron chi connectivity index (χ2n) is 5.52. The molecule has 0 aromatic heterocycles. The van der Waals surface area contributed by atoms with E-state index in [1.165, 1.54) is 0 Å². The molecule has 0 heterocycles. The van der Waals surface area contributed by atoms with E-state index in [2.05, 4.69) is 26.1 Å². The highest BCUT2D eigenvalue weighted by Gasteiger charge is 2.25. The zero-order valence-corrected chi connectivity index (χ0v) is 12.5. The molecule has 5 nitrogen and oxygen atoms in total. The lowest BCUT2D eigenvalue weighted by atomic mass is 9.80. The lowest BCUT2D eigenvalue weighted by Crippen LogP contribution is -2.42. The lowest BCUT2D eigenvalue weighted by molar-refractivity contribution is -0.139. The van der Waals surface area contributed by atoms with Gasteiger partial charge in [0.1, 0.15) is 0 Å². The summed E-state index contributed by atoms with van der Waals surface area (Å²) in [6, 6.07) is -0.561. The van der Waals surface area contributed by atoms with Crippen molar-refractivity contribution in [3.8, 4) is 0 Å². The van der Waals surface area contributed by atoms with Crippen molar-refractivity contribution < 1.29 is 14.7 Å². The molecule has 0 spiro atoms. The third kappa shape index (κ3) is 7.15. The van der Waals surface area contributed by atoms with E-state index in [9.17, 15) is 9.59 Å². The summed E-state index contributed by atoms with van der Waals surface area (Å²) in [5.41, 5.74) is 5.48. The van der Waals surface area contributed by atoms with Gasteiger partial charge in [-0.15, -0.1) is 0 Å². The van der Waals surface area contributed by atoms with E-state index in [0.29, 0.717) is 12.5 Å². The molecule has 4 N–H and O–H groups in total. The number of hydrogen-bond donors (Lipinski definition) is 3. The van der Waals surface area contributed by atoms with E-state index in [4.69, 9.17) is 10.8 Å². The molecule has 19 heavy (non-hydrogen) atoms. The SMILES string of the molecule is CCCC(C)C(C)C(CNC(=O)C(C)N)CC(=O)O. The third-order valence-electron chi connectivity index (χ3n) is 3.77. The Balaban J connectivity index is 4.53. The van der Waals surface area contributed by atoms with Crippen LogP contribution < -0.4 is 11.1 Å². The molecule has 0 saturated heterocycles. The molecule has 0 aliphatic rings. The van der Waals surface area contributed by atoms with Gasteiger partial charge in [0.25, 0.3) is 0 Å². The second kappa shape index (κ2) is 8.91. The van der Waals surface area contributed by atoms with Crippen molar-refractivity contribution >= 4 is 11.9 Å². The number of nitrogens with one attached hydrogen (secondary N) is 1. The summed E-state index contributed by atoms with van der Waals surface area (Å²) in [5.74, 6) is -0.408. The van der Waals surface area contributed by atoms with Gasteiger partial charge in [0.15, 0.2) is 0 Å². The number of carbonyl (C=O) groups is 2. The zero-order valence-electron chi connectivity index (χ0n) is 12.5. The number of hydrogen-bond acceptors (Lipinski definition) is 3. The molecule has 1 amide bonds. The lowest BCUT2D eigenvalue weighted by Gasteiger charge is -2.28. The van der Waals surface area contributed by atoms with Crippen LogP contribution in [0.1, 0.15) is 47.0 Å². The first kappa shape index (κ1) is 17.9. The topological polar surface area (TPSA) is 92.4 Å². The predicted molar refractivity (Wildman–Crippen MR) is 75.6 cm³/mol. The average Bonchev–Trinajstić information content (AvgIpc) is 2.32. The van der Waals surface area contributed by atoms with Crippen LogP contribution in [0.2, 0.25) is 0 Å². The van der Waals surface area contributed by atoms with Crippen molar-refractivity contribution in [2.45, 2.75) is 53.0 Å². The molecule has 5 heteroatoms. The van der Waals surface area contributed by atoms with E-state index < -0.39 is 12.0 Å². The Labute approximate surface area is 115 Å². The molecule has 0 saturated carbocycles. The smallest absolute Gasteiger partial charge is 0.303 e. The first-order chi connectivity index (χ1) is 8.79. The molecule has 0 radical (unpaired) electrons. The molecular formula is C14H28N2O3. The molecule has 0 aromatic carbocycles. The monoisotopic (exact) mass is 272 g/mol. The number of carbonyl (C=O) groups excluding carboxylic acids is 1. The summed E-state index contributed by atoms with van der Waals surface area (Å²) >= 11 is 0. The summed E-state index contributed by atoms with van der Waals surface area (Å²) in [6.45, 7) is 8.31. The van der Waals surface area contributed by atoms with Crippen LogP contribution in [0.5, 0.6) is 0 Å². The minimum Gasteiger partial charge on any atom is -0.481 e. The van der Waals surface area contributed by atoms with Crippen LogP contribution in [0.15, 0.2) is 0 Å². The number of rotatable bonds is 9. The minimum absolute atomic E-state index is 0.0539. The Hall–Kier alpha value is -1.10. The van der Waals surface area contributed by atoms with E-state index >= 15 is 0 Å². The molecule has 0 aliphatic carbocycles. The summed E-state index contributed by atoms with van der Waals surface area (Å²) in [4.78, 5) is 22.4. The molecule has 0 fully saturated rings. The normalized spacial score (nSPS) is 17.3. The van der Waals surface area contributed by atoms with Gasteiger partial charge >= 0.3 is 5.97 Å². The molecule has 0 aromatic rings. The van der Waals surface area contributed by atoms with Crippen molar-refractivity contribution in [3.63, 3.8) is 0 Å². The molecular weight excluding hydrogens is 244 g/mol. The molecule has 112 valence electrons. The van der Waals surface area contributed by atoms with Gasteiger partial charge in [-0.3, -0.25) is 9.59 Å². The Kier molecular flexibility index (Phi) is 8.39. The van der Waals surface area contributed by atoms with Gasteiger partial charge in [0, 0.05) is 6.54 Å². The van der Waals surface area contributed by atoms with Gasteiger partial charge in [-0.05, 0) is 24.7 Å². The standard InChI is InChI=1S/C14H28N2O3/c1-5-6-9(2)10(3)12(7-13(17)18)8-16-14(19)11(4)15/h9-12H,5-8,15H2,1-4H3,(H,16,19)(H,17,18). The maximum absolute atomic E-state index is 11.5. The van der Waals surface area contributed by atoms with Gasteiger partial charge in [-0.1, -0.05) is 33.6 Å². The number of nitrogens with two attached hydrogens (primary N) is 1. The maximum Gasteiger partial charge on any atom is 0.303 e. The Morgan fingerprint density at radius 1 is 1.26 bits per heavy atom. The number of amides is 1. The van der Waals surface area contributed by atoms with Gasteiger partial charge in [-0.25, -0.2) is 0 Å². The molecule has 4 atom stereocenters. The fourth-order valence-corrected chi connectivity index (χ4v) is 2.24. The average molecular weight is 272 g/mol. The second-order valence-corrected chi connectivity index (χ2v) is 5.52. The van der Waals surface area contributed by atoms with Gasteiger partial charge in [0.2, 0.25) is 5.91 Å². The van der Waals surface area contributed by atoms with E-state index in [1.54, 1.807) is 6.92 Å². The Morgan fingerprint density at radius 2 is 1.84 bits per heavy atom. The maximum atomic E-state index is 11.5.